The highest BCUT2D eigenvalue weighted by Crippen LogP contribution is 2.34. The molecule has 0 amide bonds. The average Bonchev–Trinajstić information content (AvgIpc) is 3.27. The first-order valence-electron chi connectivity index (χ1n) is 13.8. The summed E-state index contributed by atoms with van der Waals surface area (Å²) >= 11 is 0. The summed E-state index contributed by atoms with van der Waals surface area (Å²) in [5.41, 5.74) is 29.9. The summed E-state index contributed by atoms with van der Waals surface area (Å²) in [6.45, 7) is -1.49. The fourth-order valence-corrected chi connectivity index (χ4v) is 5.70. The van der Waals surface area contributed by atoms with Crippen LogP contribution in [-0.2, 0) is 28.4 Å². The molecule has 3 heterocycles. The molecule has 0 unspecified atom stereocenters. The van der Waals surface area contributed by atoms with Crippen LogP contribution in [0.25, 0.3) is 0 Å². The Kier molecular flexibility index (Phi) is 11.5. The maximum absolute atomic E-state index is 11.1. The van der Waals surface area contributed by atoms with Crippen molar-refractivity contribution < 1.29 is 69.3 Å². The Balaban J connectivity index is 1.50. The molecule has 246 valence electrons. The minimum atomic E-state index is -1.62. The van der Waals surface area contributed by atoms with Gasteiger partial charge in [-0.1, -0.05) is 0 Å². The number of rotatable bonds is 9. The van der Waals surface area contributed by atoms with Crippen molar-refractivity contribution in [2.45, 2.75) is 123 Å². The Hall–Kier alpha value is -0.760. The minimum Gasteiger partial charge on any atom is -0.394 e. The second-order valence-electron chi connectivity index (χ2n) is 11.2. The lowest BCUT2D eigenvalue weighted by molar-refractivity contribution is -0.310. The van der Waals surface area contributed by atoms with E-state index in [1.54, 1.807) is 0 Å². The van der Waals surface area contributed by atoms with Crippen molar-refractivity contribution in [1.82, 2.24) is 0 Å². The summed E-state index contributed by atoms with van der Waals surface area (Å²) in [5, 5.41) is 82.3. The summed E-state index contributed by atoms with van der Waals surface area (Å²) in [5.74, 6) is 0. The topological polar surface area (TPSA) is 347 Å². The van der Waals surface area contributed by atoms with E-state index in [0.29, 0.717) is 0 Å². The number of nitrogens with two attached hydrogens (primary N) is 5. The Bertz CT molecular complexity index is 866. The number of hydrogen-bond acceptors (Lipinski definition) is 19. The molecule has 1 aliphatic carbocycles. The van der Waals surface area contributed by atoms with Crippen molar-refractivity contribution in [3.8, 4) is 0 Å². The zero-order valence-electron chi connectivity index (χ0n) is 22.7. The highest BCUT2D eigenvalue weighted by molar-refractivity contribution is 5.02. The van der Waals surface area contributed by atoms with Gasteiger partial charge >= 0.3 is 0 Å². The smallest absolute Gasteiger partial charge is 0.187 e. The molecule has 3 aliphatic heterocycles. The Labute approximate surface area is 240 Å². The molecule has 4 fully saturated rings. The van der Waals surface area contributed by atoms with Gasteiger partial charge < -0.3 is 97.9 Å². The molecule has 19 heteroatoms. The Morgan fingerprint density at radius 2 is 1.00 bits per heavy atom. The first kappa shape index (κ1) is 34.1. The van der Waals surface area contributed by atoms with E-state index in [2.05, 4.69) is 0 Å². The van der Waals surface area contributed by atoms with Crippen molar-refractivity contribution in [3.05, 3.63) is 0 Å². The molecule has 1 saturated carbocycles. The second kappa shape index (κ2) is 14.1. The monoisotopic (exact) mass is 615 g/mol. The van der Waals surface area contributed by atoms with Crippen LogP contribution in [0.5, 0.6) is 0 Å². The van der Waals surface area contributed by atoms with Gasteiger partial charge in [-0.3, -0.25) is 0 Å². The van der Waals surface area contributed by atoms with Crippen LogP contribution in [-0.4, -0.2) is 177 Å². The van der Waals surface area contributed by atoms with Gasteiger partial charge in [-0.15, -0.1) is 0 Å². The van der Waals surface area contributed by atoms with E-state index in [-0.39, 0.29) is 13.0 Å². The van der Waals surface area contributed by atoms with Crippen LogP contribution in [0.4, 0.5) is 0 Å². The standard InChI is InChI=1S/C23H45N5O14/c24-2-7-13(32)15(34)10(27)21(37-7)41-19-9(4-30)39-23(17(19)36)42-20-12(31)5(25)1-6(26)18(20)40-22-11(28)16(35)14(33)8(3-29)38-22/h5-23,29-36H,1-4,24-28H2/t5-,6+,7+,8-,9-,10+,11-,12+,13-,14-,15-,16-,17+,18-,19-,20+,21-,22-,23+/m1/s1. The maximum Gasteiger partial charge on any atom is 0.187 e. The van der Waals surface area contributed by atoms with E-state index in [1.165, 1.54) is 0 Å². The summed E-state index contributed by atoms with van der Waals surface area (Å²) in [6, 6.07) is -4.30. The van der Waals surface area contributed by atoms with E-state index >= 15 is 0 Å². The molecule has 4 aliphatic rings. The molecular formula is C23H45N5O14. The summed E-state index contributed by atoms with van der Waals surface area (Å²) in [7, 11) is 0. The van der Waals surface area contributed by atoms with Crippen molar-refractivity contribution in [1.29, 1.82) is 0 Å². The minimum absolute atomic E-state index is 0.0642. The van der Waals surface area contributed by atoms with Gasteiger partial charge in [-0.2, -0.15) is 0 Å². The largest absolute Gasteiger partial charge is 0.394 e. The van der Waals surface area contributed by atoms with Crippen molar-refractivity contribution in [3.63, 3.8) is 0 Å². The Morgan fingerprint density at radius 1 is 0.524 bits per heavy atom. The molecule has 0 aromatic rings. The zero-order chi connectivity index (χ0) is 31.0. The molecule has 42 heavy (non-hydrogen) atoms. The third-order valence-electron chi connectivity index (χ3n) is 8.32. The van der Waals surface area contributed by atoms with Crippen LogP contribution < -0.4 is 28.7 Å². The number of hydrogen-bond donors (Lipinski definition) is 13. The normalized spacial score (nSPS) is 53.8. The molecule has 19 atom stereocenters. The van der Waals surface area contributed by atoms with Crippen molar-refractivity contribution >= 4 is 0 Å². The van der Waals surface area contributed by atoms with Gasteiger partial charge in [0.25, 0.3) is 0 Å². The summed E-state index contributed by atoms with van der Waals surface area (Å²) in [4.78, 5) is 0. The average molecular weight is 616 g/mol. The van der Waals surface area contributed by atoms with Gasteiger partial charge in [0.1, 0.15) is 67.1 Å². The molecule has 0 bridgehead atoms. The van der Waals surface area contributed by atoms with Crippen LogP contribution in [0, 0.1) is 0 Å². The molecular weight excluding hydrogens is 570 g/mol. The van der Waals surface area contributed by atoms with E-state index in [4.69, 9.17) is 57.1 Å². The number of aliphatic hydroxyl groups is 8. The van der Waals surface area contributed by atoms with Gasteiger partial charge in [-0.25, -0.2) is 0 Å². The zero-order valence-corrected chi connectivity index (χ0v) is 22.7. The third kappa shape index (κ3) is 6.60. The molecule has 3 saturated heterocycles. The lowest BCUT2D eigenvalue weighted by atomic mass is 9.84. The fourth-order valence-electron chi connectivity index (χ4n) is 5.70. The fraction of sp³-hybridized carbons (Fsp3) is 1.00. The molecule has 0 radical (unpaired) electrons. The van der Waals surface area contributed by atoms with Gasteiger partial charge in [0.15, 0.2) is 18.9 Å². The highest BCUT2D eigenvalue weighted by Gasteiger charge is 2.54. The maximum atomic E-state index is 11.1. The molecule has 0 spiro atoms. The quantitative estimate of drug-likeness (QED) is 0.114. The van der Waals surface area contributed by atoms with E-state index in [9.17, 15) is 40.9 Å². The molecule has 4 rings (SSSR count). The Morgan fingerprint density at radius 3 is 1.55 bits per heavy atom. The molecule has 0 aromatic heterocycles. The molecule has 19 nitrogen and oxygen atoms in total. The lowest BCUT2D eigenvalue weighted by Crippen LogP contribution is -2.68. The van der Waals surface area contributed by atoms with Crippen LogP contribution >= 0.6 is 0 Å². The second-order valence-corrected chi connectivity index (χ2v) is 11.2. The summed E-state index contributed by atoms with van der Waals surface area (Å²) in [6.07, 6.45) is -20.5. The van der Waals surface area contributed by atoms with E-state index < -0.39 is 129 Å². The van der Waals surface area contributed by atoms with Crippen LogP contribution in [0.1, 0.15) is 6.42 Å². The van der Waals surface area contributed by atoms with Crippen molar-refractivity contribution in [2.75, 3.05) is 19.8 Å². The summed E-state index contributed by atoms with van der Waals surface area (Å²) < 4.78 is 34.4. The lowest BCUT2D eigenvalue weighted by Gasteiger charge is -2.47. The highest BCUT2D eigenvalue weighted by atomic mass is 16.8. The van der Waals surface area contributed by atoms with Crippen LogP contribution in [0.15, 0.2) is 0 Å². The SMILES string of the molecule is NC[C@@H]1O[C@H](O[C@H]2[C@H](O)[C@H](O[C@H]3[C@@H](O)[C@H](N)C[C@H](N)[C@H]3O[C@H]3O[C@H](CO)[C@@H](O)[C@H](O)[C@H]3N)O[C@@H]2CO)[C@@H](N)[C@@H](O)[C@@H]1O. The van der Waals surface area contributed by atoms with Gasteiger partial charge in [-0.05, 0) is 6.42 Å². The number of aliphatic hydroxyl groups excluding tert-OH is 8. The van der Waals surface area contributed by atoms with E-state index in [0.717, 1.165) is 0 Å². The third-order valence-corrected chi connectivity index (χ3v) is 8.32. The first-order valence-corrected chi connectivity index (χ1v) is 13.8. The predicted octanol–water partition coefficient (Wildman–Crippen LogP) is -8.86. The molecule has 18 N–H and O–H groups in total. The predicted molar refractivity (Wildman–Crippen MR) is 136 cm³/mol. The van der Waals surface area contributed by atoms with E-state index in [1.807, 2.05) is 0 Å². The van der Waals surface area contributed by atoms with Crippen molar-refractivity contribution in [2.24, 2.45) is 28.7 Å². The number of ether oxygens (including phenoxy) is 6. The van der Waals surface area contributed by atoms with Crippen LogP contribution in [0.3, 0.4) is 0 Å². The van der Waals surface area contributed by atoms with Gasteiger partial charge in [0.05, 0.1) is 31.4 Å². The van der Waals surface area contributed by atoms with Gasteiger partial charge in [0, 0.05) is 18.6 Å². The van der Waals surface area contributed by atoms with Gasteiger partial charge in [0.2, 0.25) is 0 Å². The first-order chi connectivity index (χ1) is 19.8. The molecule has 0 aromatic carbocycles. The van der Waals surface area contributed by atoms with Crippen LogP contribution in [0.2, 0.25) is 0 Å².